The van der Waals surface area contributed by atoms with Crippen LogP contribution in [0.4, 0.5) is 5.82 Å². The third kappa shape index (κ3) is 3.30. The number of fused-ring (bicyclic) bond motifs is 1. The number of benzene rings is 1. The summed E-state index contributed by atoms with van der Waals surface area (Å²) in [5.41, 5.74) is 5.30. The standard InChI is InChI=1S/C25H25N5O3/c1-15-22-21(24(28-27-22)25(2,3)14-31)23(17-7-5-6-8-19(17)32-4)30(15)20-10-9-16(13-26-20)18-11-12-33-29-18/h5-13,23,31H,1,14H2,2-4H3,(H,27,28). The molecule has 1 aliphatic rings. The average molecular weight is 444 g/mol. The number of methoxy groups -OCH3 is 1. The Balaban J connectivity index is 1.68. The van der Waals surface area contributed by atoms with E-state index in [1.165, 1.54) is 6.26 Å². The minimum atomic E-state index is -0.551. The Morgan fingerprint density at radius 1 is 1.21 bits per heavy atom. The van der Waals surface area contributed by atoms with Gasteiger partial charge in [0.05, 0.1) is 36.8 Å². The largest absolute Gasteiger partial charge is 0.496 e. The Kier molecular flexibility index (Phi) is 5.02. The van der Waals surface area contributed by atoms with Crippen molar-refractivity contribution in [3.8, 4) is 17.0 Å². The van der Waals surface area contributed by atoms with Crippen LogP contribution in [0.1, 0.15) is 42.4 Å². The van der Waals surface area contributed by atoms with Crippen LogP contribution >= 0.6 is 0 Å². The van der Waals surface area contributed by atoms with Crippen molar-refractivity contribution in [3.63, 3.8) is 0 Å². The molecule has 1 aromatic carbocycles. The van der Waals surface area contributed by atoms with Crippen LogP contribution in [0.15, 0.2) is 66.0 Å². The molecule has 8 heteroatoms. The number of nitrogens with one attached hydrogen (secondary N) is 1. The second-order valence-corrected chi connectivity index (χ2v) is 8.65. The highest BCUT2D eigenvalue weighted by Crippen LogP contribution is 2.50. The van der Waals surface area contributed by atoms with Crippen LogP contribution in [0.25, 0.3) is 17.0 Å². The maximum absolute atomic E-state index is 10.1. The summed E-state index contributed by atoms with van der Waals surface area (Å²) in [5.74, 6) is 1.47. The number of aromatic nitrogens is 4. The molecule has 0 fully saturated rings. The summed E-state index contributed by atoms with van der Waals surface area (Å²) < 4.78 is 10.7. The lowest BCUT2D eigenvalue weighted by Gasteiger charge is -2.30. The highest BCUT2D eigenvalue weighted by Gasteiger charge is 2.43. The Morgan fingerprint density at radius 2 is 2.03 bits per heavy atom. The quantitative estimate of drug-likeness (QED) is 0.458. The number of aliphatic hydroxyl groups excluding tert-OH is 1. The van der Waals surface area contributed by atoms with E-state index in [1.54, 1.807) is 19.4 Å². The molecule has 0 aliphatic carbocycles. The molecule has 168 valence electrons. The van der Waals surface area contributed by atoms with E-state index in [-0.39, 0.29) is 12.6 Å². The van der Waals surface area contributed by atoms with Crippen molar-refractivity contribution in [2.24, 2.45) is 0 Å². The zero-order chi connectivity index (χ0) is 23.2. The van der Waals surface area contributed by atoms with Crippen molar-refractivity contribution < 1.29 is 14.4 Å². The molecule has 0 saturated carbocycles. The number of hydrogen-bond acceptors (Lipinski definition) is 7. The van der Waals surface area contributed by atoms with Crippen molar-refractivity contribution >= 4 is 11.5 Å². The third-order valence-corrected chi connectivity index (χ3v) is 6.11. The van der Waals surface area contributed by atoms with Crippen LogP contribution in [-0.2, 0) is 5.41 Å². The van der Waals surface area contributed by atoms with Crippen LogP contribution < -0.4 is 9.64 Å². The maximum Gasteiger partial charge on any atom is 0.133 e. The smallest absolute Gasteiger partial charge is 0.133 e. The third-order valence-electron chi connectivity index (χ3n) is 6.11. The number of nitrogens with zero attached hydrogens (tertiary/aromatic N) is 4. The van der Waals surface area contributed by atoms with Gasteiger partial charge in [-0.15, -0.1) is 0 Å². The molecule has 0 spiro atoms. The monoisotopic (exact) mass is 443 g/mol. The van der Waals surface area contributed by atoms with Gasteiger partial charge < -0.3 is 19.3 Å². The summed E-state index contributed by atoms with van der Waals surface area (Å²) >= 11 is 0. The number of pyridine rings is 1. The number of aliphatic hydroxyl groups is 1. The molecule has 8 nitrogen and oxygen atoms in total. The first-order chi connectivity index (χ1) is 16.0. The average Bonchev–Trinajstić information content (AvgIpc) is 3.57. The summed E-state index contributed by atoms with van der Waals surface area (Å²) in [6, 6.07) is 13.3. The minimum absolute atomic E-state index is 0.0416. The molecule has 5 rings (SSSR count). The highest BCUT2D eigenvalue weighted by molar-refractivity contribution is 5.85. The van der Waals surface area contributed by atoms with Crippen molar-refractivity contribution in [2.75, 3.05) is 18.6 Å². The fourth-order valence-electron chi connectivity index (χ4n) is 4.33. The molecule has 2 N–H and O–H groups in total. The Hall–Kier alpha value is -3.91. The van der Waals surface area contributed by atoms with Gasteiger partial charge in [-0.1, -0.05) is 43.8 Å². The highest BCUT2D eigenvalue weighted by atomic mass is 16.5. The molecule has 1 aliphatic heterocycles. The zero-order valence-electron chi connectivity index (χ0n) is 18.7. The van der Waals surface area contributed by atoms with E-state index in [2.05, 4.69) is 26.8 Å². The van der Waals surface area contributed by atoms with Gasteiger partial charge in [-0.25, -0.2) is 4.98 Å². The number of H-pyrrole nitrogens is 1. The van der Waals surface area contributed by atoms with E-state index < -0.39 is 5.41 Å². The lowest BCUT2D eigenvalue weighted by molar-refractivity contribution is 0.214. The van der Waals surface area contributed by atoms with Gasteiger partial charge in [0.15, 0.2) is 0 Å². The minimum Gasteiger partial charge on any atom is -0.496 e. The molecule has 0 amide bonds. The number of hydrogen-bond donors (Lipinski definition) is 2. The molecular formula is C25H25N5O3. The molecule has 0 bridgehead atoms. The summed E-state index contributed by atoms with van der Waals surface area (Å²) in [6.45, 7) is 8.26. The van der Waals surface area contributed by atoms with E-state index in [0.717, 1.165) is 51.0 Å². The molecule has 0 radical (unpaired) electrons. The first kappa shape index (κ1) is 21.0. The van der Waals surface area contributed by atoms with Crippen molar-refractivity contribution in [1.82, 2.24) is 20.3 Å². The Morgan fingerprint density at radius 3 is 2.70 bits per heavy atom. The maximum atomic E-state index is 10.1. The van der Waals surface area contributed by atoms with Gasteiger partial charge in [0.2, 0.25) is 0 Å². The summed E-state index contributed by atoms with van der Waals surface area (Å²) in [6.07, 6.45) is 3.30. The summed E-state index contributed by atoms with van der Waals surface area (Å²) in [7, 11) is 1.66. The Labute approximate surface area is 191 Å². The normalized spacial score (nSPS) is 15.7. The first-order valence-electron chi connectivity index (χ1n) is 10.6. The van der Waals surface area contributed by atoms with E-state index in [4.69, 9.17) is 14.2 Å². The zero-order valence-corrected chi connectivity index (χ0v) is 18.7. The molecule has 1 unspecified atom stereocenters. The molecule has 33 heavy (non-hydrogen) atoms. The number of rotatable bonds is 6. The van der Waals surface area contributed by atoms with Crippen LogP contribution in [0.2, 0.25) is 0 Å². The molecular weight excluding hydrogens is 418 g/mol. The fourth-order valence-corrected chi connectivity index (χ4v) is 4.33. The second-order valence-electron chi connectivity index (χ2n) is 8.65. The van der Waals surface area contributed by atoms with Gasteiger partial charge in [0.25, 0.3) is 0 Å². The van der Waals surface area contributed by atoms with Gasteiger partial charge in [-0.2, -0.15) is 5.10 Å². The van der Waals surface area contributed by atoms with Gasteiger partial charge >= 0.3 is 0 Å². The van der Waals surface area contributed by atoms with Crippen LogP contribution in [-0.4, -0.2) is 39.2 Å². The fraction of sp³-hybridized carbons (Fsp3) is 0.240. The number of aromatic amines is 1. The molecule has 1 atom stereocenters. The van der Waals surface area contributed by atoms with Crippen LogP contribution in [0, 0.1) is 0 Å². The molecule has 4 aromatic rings. The first-order valence-corrected chi connectivity index (χ1v) is 10.6. The van der Waals surface area contributed by atoms with E-state index in [1.807, 2.05) is 50.2 Å². The van der Waals surface area contributed by atoms with Gasteiger partial charge in [-0.05, 0) is 18.2 Å². The number of para-hydroxylation sites is 1. The van der Waals surface area contributed by atoms with Crippen LogP contribution in [0.3, 0.4) is 0 Å². The number of ether oxygens (including phenoxy) is 1. The van der Waals surface area contributed by atoms with Crippen LogP contribution in [0.5, 0.6) is 5.75 Å². The lowest BCUT2D eigenvalue weighted by atomic mass is 9.84. The molecule has 0 saturated heterocycles. The van der Waals surface area contributed by atoms with Gasteiger partial charge in [0, 0.05) is 34.4 Å². The second kappa shape index (κ2) is 7.90. The predicted octanol–water partition coefficient (Wildman–Crippen LogP) is 4.32. The van der Waals surface area contributed by atoms with E-state index in [9.17, 15) is 5.11 Å². The van der Waals surface area contributed by atoms with E-state index >= 15 is 0 Å². The number of anilines is 1. The van der Waals surface area contributed by atoms with Gasteiger partial charge in [0.1, 0.15) is 23.5 Å². The summed E-state index contributed by atoms with van der Waals surface area (Å²) in [4.78, 5) is 6.81. The summed E-state index contributed by atoms with van der Waals surface area (Å²) in [5, 5.41) is 21.8. The lowest BCUT2D eigenvalue weighted by Crippen LogP contribution is -2.28. The molecule has 3 aromatic heterocycles. The topological polar surface area (TPSA) is 100 Å². The molecule has 4 heterocycles. The van der Waals surface area contributed by atoms with E-state index in [0.29, 0.717) is 0 Å². The van der Waals surface area contributed by atoms with Crippen molar-refractivity contribution in [3.05, 3.63) is 84.0 Å². The predicted molar refractivity (Wildman–Crippen MR) is 125 cm³/mol. The Bertz CT molecular complexity index is 1290. The van der Waals surface area contributed by atoms with Gasteiger partial charge in [-0.3, -0.25) is 5.10 Å². The SMILES string of the molecule is C=C1c2[nH]nc(C(C)(C)CO)c2C(c2ccccc2OC)N1c1ccc(-c2ccon2)cn1. The van der Waals surface area contributed by atoms with Crippen molar-refractivity contribution in [1.29, 1.82) is 0 Å². The van der Waals surface area contributed by atoms with Crippen molar-refractivity contribution in [2.45, 2.75) is 25.3 Å².